The van der Waals surface area contributed by atoms with Crippen LogP contribution in [0.4, 0.5) is 0 Å². The van der Waals surface area contributed by atoms with E-state index in [0.717, 1.165) is 18.6 Å². The molecular formula is C17H19NO4. The molecule has 1 aromatic carbocycles. The Kier molecular flexibility index (Phi) is 5.65. The van der Waals surface area contributed by atoms with Crippen molar-refractivity contribution in [1.29, 1.82) is 0 Å². The van der Waals surface area contributed by atoms with Gasteiger partial charge in [-0.1, -0.05) is 19.9 Å². The molecule has 2 aromatic rings. The molecule has 0 saturated heterocycles. The first-order valence-electron chi connectivity index (χ1n) is 7.13. The van der Waals surface area contributed by atoms with Gasteiger partial charge in [-0.05, 0) is 42.8 Å². The summed E-state index contributed by atoms with van der Waals surface area (Å²) >= 11 is 0. The van der Waals surface area contributed by atoms with Gasteiger partial charge in [0, 0.05) is 0 Å². The second-order valence-electron chi connectivity index (χ2n) is 4.67. The van der Waals surface area contributed by atoms with Gasteiger partial charge in [-0.15, -0.1) is 0 Å². The fourth-order valence-electron chi connectivity index (χ4n) is 1.69. The minimum Gasteiger partial charge on any atom is -0.494 e. The van der Waals surface area contributed by atoms with Crippen molar-refractivity contribution in [1.82, 2.24) is 5.48 Å². The first-order valence-corrected chi connectivity index (χ1v) is 7.13. The van der Waals surface area contributed by atoms with Gasteiger partial charge in [0.25, 0.3) is 0 Å². The average molecular weight is 301 g/mol. The molecule has 1 aromatic heterocycles. The lowest BCUT2D eigenvalue weighted by atomic mass is 10.2. The highest BCUT2D eigenvalue weighted by atomic mass is 16.7. The van der Waals surface area contributed by atoms with Crippen LogP contribution in [0.3, 0.4) is 0 Å². The van der Waals surface area contributed by atoms with E-state index in [1.165, 1.54) is 6.26 Å². The molecule has 0 amide bonds. The van der Waals surface area contributed by atoms with Gasteiger partial charge in [0.05, 0.1) is 18.4 Å². The molecule has 116 valence electrons. The van der Waals surface area contributed by atoms with E-state index in [0.29, 0.717) is 23.6 Å². The minimum atomic E-state index is -0.507. The van der Waals surface area contributed by atoms with Crippen molar-refractivity contribution < 1.29 is 18.8 Å². The van der Waals surface area contributed by atoms with Crippen LogP contribution in [-0.4, -0.2) is 12.6 Å². The molecular weight excluding hydrogens is 282 g/mol. The number of carbonyl (C=O) groups is 1. The zero-order valence-electron chi connectivity index (χ0n) is 12.5. The van der Waals surface area contributed by atoms with Crippen molar-refractivity contribution >= 4 is 11.7 Å². The molecule has 0 fully saturated rings. The third-order valence-corrected chi connectivity index (χ3v) is 2.94. The summed E-state index contributed by atoms with van der Waals surface area (Å²) in [6, 6.07) is 10.2. The van der Waals surface area contributed by atoms with Crippen LogP contribution in [0.5, 0.6) is 5.75 Å². The van der Waals surface area contributed by atoms with Crippen molar-refractivity contribution in [2.75, 3.05) is 6.61 Å². The van der Waals surface area contributed by atoms with Gasteiger partial charge in [0.1, 0.15) is 11.4 Å². The van der Waals surface area contributed by atoms with Gasteiger partial charge < -0.3 is 14.0 Å². The summed E-state index contributed by atoms with van der Waals surface area (Å²) < 4.78 is 10.7. The number of hydrogen-bond donors (Lipinski definition) is 1. The van der Waals surface area contributed by atoms with Crippen molar-refractivity contribution in [3.05, 3.63) is 60.6 Å². The van der Waals surface area contributed by atoms with Gasteiger partial charge in [-0.25, -0.2) is 10.3 Å². The molecule has 1 heterocycles. The summed E-state index contributed by atoms with van der Waals surface area (Å²) in [4.78, 5) is 16.9. The number of hydrogen-bond acceptors (Lipinski definition) is 5. The highest BCUT2D eigenvalue weighted by molar-refractivity contribution is 5.89. The highest BCUT2D eigenvalue weighted by Crippen LogP contribution is 2.14. The third-order valence-electron chi connectivity index (χ3n) is 2.94. The predicted octanol–water partition coefficient (Wildman–Crippen LogP) is 3.79. The molecule has 0 aliphatic rings. The first kappa shape index (κ1) is 15.7. The van der Waals surface area contributed by atoms with Crippen molar-refractivity contribution in [3.8, 4) is 5.75 Å². The number of ether oxygens (including phenoxy) is 1. The van der Waals surface area contributed by atoms with E-state index >= 15 is 0 Å². The Morgan fingerprint density at radius 1 is 1.27 bits per heavy atom. The number of benzene rings is 1. The second-order valence-corrected chi connectivity index (χ2v) is 4.67. The van der Waals surface area contributed by atoms with E-state index in [4.69, 9.17) is 14.0 Å². The van der Waals surface area contributed by atoms with Crippen LogP contribution in [-0.2, 0) is 4.84 Å². The normalized spacial score (nSPS) is 10.0. The largest absolute Gasteiger partial charge is 0.494 e. The van der Waals surface area contributed by atoms with Crippen LogP contribution in [0.15, 0.2) is 53.7 Å². The maximum Gasteiger partial charge on any atom is 0.362 e. The number of carbonyl (C=O) groups excluding carboxylic acids is 1. The lowest BCUT2D eigenvalue weighted by molar-refractivity contribution is 0.0367. The van der Waals surface area contributed by atoms with E-state index < -0.39 is 5.97 Å². The Morgan fingerprint density at radius 3 is 2.68 bits per heavy atom. The van der Waals surface area contributed by atoms with Crippen LogP contribution in [0.1, 0.15) is 35.9 Å². The number of unbranched alkanes of at least 4 members (excludes halogenated alkanes) is 1. The molecule has 1 N–H and O–H groups in total. The first-order chi connectivity index (χ1) is 10.7. The Balaban J connectivity index is 1.83. The van der Waals surface area contributed by atoms with Crippen LogP contribution < -0.4 is 10.2 Å². The van der Waals surface area contributed by atoms with Crippen molar-refractivity contribution in [3.63, 3.8) is 0 Å². The summed E-state index contributed by atoms with van der Waals surface area (Å²) in [6.07, 6.45) is 3.60. The van der Waals surface area contributed by atoms with Gasteiger partial charge in [-0.2, -0.15) is 0 Å². The summed E-state index contributed by atoms with van der Waals surface area (Å²) in [6.45, 7) is 6.49. The summed E-state index contributed by atoms with van der Waals surface area (Å²) in [5.74, 6) is 0.734. The monoisotopic (exact) mass is 301 g/mol. The van der Waals surface area contributed by atoms with E-state index in [9.17, 15) is 4.79 Å². The molecule has 0 radical (unpaired) electrons. The Labute approximate surface area is 129 Å². The van der Waals surface area contributed by atoms with Gasteiger partial charge in [0.15, 0.2) is 5.76 Å². The Hall–Kier alpha value is -2.69. The minimum absolute atomic E-state index is 0.373. The molecule has 0 unspecified atom stereocenters. The van der Waals surface area contributed by atoms with Gasteiger partial charge in [0.2, 0.25) is 0 Å². The average Bonchev–Trinajstić information content (AvgIpc) is 3.08. The zero-order chi connectivity index (χ0) is 15.8. The maximum atomic E-state index is 11.9. The summed E-state index contributed by atoms with van der Waals surface area (Å²) in [5, 5.41) is 0. The van der Waals surface area contributed by atoms with Crippen LogP contribution in [0, 0.1) is 0 Å². The quantitative estimate of drug-likeness (QED) is 0.593. The Bertz CT molecular complexity index is 602. The molecule has 0 atom stereocenters. The second kappa shape index (κ2) is 7.93. The lowest BCUT2D eigenvalue weighted by Gasteiger charge is -2.08. The fourth-order valence-corrected chi connectivity index (χ4v) is 1.69. The van der Waals surface area contributed by atoms with Crippen molar-refractivity contribution in [2.24, 2.45) is 0 Å². The van der Waals surface area contributed by atoms with E-state index in [2.05, 4.69) is 19.0 Å². The summed E-state index contributed by atoms with van der Waals surface area (Å²) in [7, 11) is 0. The molecule has 5 heteroatoms. The lowest BCUT2D eigenvalue weighted by Crippen LogP contribution is -2.18. The number of rotatable bonds is 8. The smallest absolute Gasteiger partial charge is 0.362 e. The van der Waals surface area contributed by atoms with Gasteiger partial charge in [-0.3, -0.25) is 0 Å². The van der Waals surface area contributed by atoms with Crippen molar-refractivity contribution in [2.45, 2.75) is 19.8 Å². The van der Waals surface area contributed by atoms with E-state index in [1.54, 1.807) is 36.4 Å². The summed E-state index contributed by atoms with van der Waals surface area (Å²) in [5.41, 5.74) is 3.26. The van der Waals surface area contributed by atoms with Gasteiger partial charge >= 0.3 is 5.97 Å². The predicted molar refractivity (Wildman–Crippen MR) is 83.1 cm³/mol. The van der Waals surface area contributed by atoms with E-state index in [1.807, 2.05) is 0 Å². The topological polar surface area (TPSA) is 60.7 Å². The fraction of sp³-hybridized carbons (Fsp3) is 0.235. The number of furan rings is 1. The molecule has 22 heavy (non-hydrogen) atoms. The molecule has 5 nitrogen and oxygen atoms in total. The number of hydroxylamine groups is 1. The maximum absolute atomic E-state index is 11.9. The molecule has 0 aliphatic heterocycles. The molecule has 0 saturated carbocycles. The molecule has 0 aliphatic carbocycles. The van der Waals surface area contributed by atoms with Crippen LogP contribution in [0.2, 0.25) is 0 Å². The highest BCUT2D eigenvalue weighted by Gasteiger charge is 2.09. The SMILES string of the molecule is C=C(NOC(=O)c1ccc(OCCCC)cc1)c1ccco1. The van der Waals surface area contributed by atoms with Crippen LogP contribution in [0.25, 0.3) is 5.70 Å². The number of nitrogens with one attached hydrogen (secondary N) is 1. The molecule has 0 bridgehead atoms. The van der Waals surface area contributed by atoms with Crippen LogP contribution >= 0.6 is 0 Å². The molecule has 2 rings (SSSR count). The third kappa shape index (κ3) is 4.41. The van der Waals surface area contributed by atoms with E-state index in [-0.39, 0.29) is 0 Å². The standard InChI is InChI=1S/C17H19NO4/c1-3-4-11-20-15-9-7-14(8-10-15)17(19)22-18-13(2)16-6-5-12-21-16/h5-10,12,18H,2-4,11H2,1H3. The molecule has 0 spiro atoms. The Morgan fingerprint density at radius 2 is 2.05 bits per heavy atom. The zero-order valence-corrected chi connectivity index (χ0v) is 12.5.